The first-order chi connectivity index (χ1) is 33.7. The third kappa shape index (κ3) is 5.70. The second-order valence-corrected chi connectivity index (χ2v) is 16.6. The molecule has 1 aliphatic carbocycles. The number of anilines is 6. The van der Waals surface area contributed by atoms with Crippen molar-refractivity contribution < 1.29 is 9.60 Å². The minimum atomic E-state index is -1.43. The molecule has 0 atom stereocenters. The molecule has 0 saturated heterocycles. The fourth-order valence-electron chi connectivity index (χ4n) is 9.57. The Balaban J connectivity index is 1.26. The molecule has 1 aliphatic rings. The Morgan fingerprint density at radius 3 is 1.40 bits per heavy atom. The normalized spacial score (nSPS) is 14.2. The Morgan fingerprint density at radius 2 is 0.839 bits per heavy atom. The Kier molecular flexibility index (Phi) is 7.03. The molecule has 3 heteroatoms. The van der Waals surface area contributed by atoms with Crippen molar-refractivity contribution in [3.8, 4) is 11.1 Å². The largest absolute Gasteiger partial charge is 0.310 e. The van der Waals surface area contributed by atoms with Crippen LogP contribution in [0.5, 0.6) is 0 Å². The zero-order chi connectivity index (χ0) is 47.1. The van der Waals surface area contributed by atoms with Crippen LogP contribution in [0.15, 0.2) is 242 Å². The molecular weight excluding hydrogens is 769 g/mol. The van der Waals surface area contributed by atoms with E-state index in [-0.39, 0.29) is 28.4 Å². The lowest BCUT2D eigenvalue weighted by atomic mass is 9.66. The van der Waals surface area contributed by atoms with Crippen LogP contribution in [0.2, 0.25) is 0 Å². The van der Waals surface area contributed by atoms with Crippen LogP contribution >= 0.6 is 11.3 Å². The molecule has 0 saturated carbocycles. The van der Waals surface area contributed by atoms with Crippen LogP contribution < -0.4 is 9.80 Å². The van der Waals surface area contributed by atoms with E-state index in [1.165, 1.54) is 0 Å². The lowest BCUT2D eigenvalue weighted by molar-refractivity contribution is 0.778. The van der Waals surface area contributed by atoms with Gasteiger partial charge in [0.15, 0.2) is 0 Å². The third-order valence-electron chi connectivity index (χ3n) is 12.2. The van der Waals surface area contributed by atoms with Crippen LogP contribution in [0.1, 0.15) is 31.8 Å². The van der Waals surface area contributed by atoms with E-state index in [2.05, 4.69) is 125 Å². The van der Waals surface area contributed by atoms with Crippen molar-refractivity contribution in [1.29, 1.82) is 0 Å². The maximum absolute atomic E-state index is 10.1. The van der Waals surface area contributed by atoms with Crippen LogP contribution in [0.3, 0.4) is 0 Å². The van der Waals surface area contributed by atoms with Crippen molar-refractivity contribution in [2.45, 2.75) is 5.41 Å². The zero-order valence-corrected chi connectivity index (χ0v) is 34.2. The van der Waals surface area contributed by atoms with E-state index in [4.69, 9.17) is 2.74 Å². The highest BCUT2D eigenvalue weighted by Crippen LogP contribution is 2.60. The average Bonchev–Trinajstić information content (AvgIpc) is 3.91. The summed E-state index contributed by atoms with van der Waals surface area (Å²) < 4.78 is 67.6. The molecule has 10 aromatic carbocycles. The zero-order valence-electron chi connectivity index (χ0n) is 40.4. The number of hydrogen-bond acceptors (Lipinski definition) is 3. The van der Waals surface area contributed by atoms with Crippen molar-refractivity contribution in [2.24, 2.45) is 0 Å². The summed E-state index contributed by atoms with van der Waals surface area (Å²) in [5.41, 5.74) is 8.42. The van der Waals surface area contributed by atoms with E-state index in [1.807, 2.05) is 84.9 Å². The number of benzene rings is 10. The summed E-state index contributed by atoms with van der Waals surface area (Å²) in [6.45, 7) is 0. The van der Waals surface area contributed by atoms with E-state index < -0.39 is 35.6 Å². The predicted molar refractivity (Wildman–Crippen MR) is 264 cm³/mol. The van der Waals surface area contributed by atoms with Gasteiger partial charge in [-0.1, -0.05) is 158 Å². The second kappa shape index (κ2) is 14.8. The molecule has 11 aromatic rings. The van der Waals surface area contributed by atoms with Crippen molar-refractivity contribution in [2.75, 3.05) is 9.80 Å². The molecule has 0 N–H and O–H groups in total. The standard InChI is InChI=1S/C59H40N2S/c1-5-20-43(21-6-1)60(44-22-7-2-8-23-44)47-33-36-55-52(39-47)53-40-48(61(45-24-9-3-10-25-45)46-26-11-4-12-27-46)34-37-56(53)59(55,54-30-17-19-41-18-13-14-28-49(41)54)42-32-35-51-50-29-15-16-31-57(50)62-58(51)38-42/h1-40H/i13D,14D,17D,18D,19D,28D,30D. The number of thiophene rings is 1. The maximum Gasteiger partial charge on any atom is 0.0720 e. The van der Waals surface area contributed by atoms with Gasteiger partial charge in [-0.05, 0) is 129 Å². The van der Waals surface area contributed by atoms with E-state index >= 15 is 0 Å². The molecule has 1 aromatic heterocycles. The van der Waals surface area contributed by atoms with Gasteiger partial charge in [-0.15, -0.1) is 11.3 Å². The van der Waals surface area contributed by atoms with Crippen LogP contribution in [0, 0.1) is 0 Å². The SMILES string of the molecule is [2H]c1c([2H])c([2H])c2c(C3(c4ccc5c(c4)sc4ccccc45)c4ccc(N(c5ccccc5)c5ccccc5)cc4-c4cc(N(c5ccccc5)c5ccccc5)ccc43)c([2H])c([2H])c([2H])c2c1[2H]. The lowest BCUT2D eigenvalue weighted by Crippen LogP contribution is -2.29. The summed E-state index contributed by atoms with van der Waals surface area (Å²) in [4.78, 5) is 4.43. The predicted octanol–water partition coefficient (Wildman–Crippen LogP) is 16.5. The van der Waals surface area contributed by atoms with E-state index in [1.54, 1.807) is 11.3 Å². The summed E-state index contributed by atoms with van der Waals surface area (Å²) in [6.07, 6.45) is 0. The van der Waals surface area contributed by atoms with E-state index in [0.29, 0.717) is 0 Å². The van der Waals surface area contributed by atoms with Crippen LogP contribution in [-0.2, 0) is 5.41 Å². The fraction of sp³-hybridized carbons (Fsp3) is 0.0169. The number of hydrogen-bond donors (Lipinski definition) is 0. The molecule has 0 aliphatic heterocycles. The monoisotopic (exact) mass is 815 g/mol. The Morgan fingerprint density at radius 1 is 0.355 bits per heavy atom. The summed E-state index contributed by atoms with van der Waals surface area (Å²) in [7, 11) is 0. The maximum atomic E-state index is 10.1. The molecule has 1 heterocycles. The highest BCUT2D eigenvalue weighted by atomic mass is 32.1. The molecule has 12 rings (SSSR count). The molecule has 62 heavy (non-hydrogen) atoms. The van der Waals surface area contributed by atoms with Gasteiger partial charge in [-0.2, -0.15) is 0 Å². The average molecular weight is 816 g/mol. The molecule has 0 bridgehead atoms. The van der Waals surface area contributed by atoms with Gasteiger partial charge in [0.1, 0.15) is 0 Å². The van der Waals surface area contributed by atoms with Crippen molar-refractivity contribution in [3.63, 3.8) is 0 Å². The first-order valence-electron chi connectivity index (χ1n) is 24.2. The third-order valence-corrected chi connectivity index (χ3v) is 13.3. The van der Waals surface area contributed by atoms with Gasteiger partial charge >= 0.3 is 0 Å². The van der Waals surface area contributed by atoms with Crippen molar-refractivity contribution >= 4 is 76.4 Å². The van der Waals surface area contributed by atoms with Gasteiger partial charge in [0, 0.05) is 54.3 Å². The van der Waals surface area contributed by atoms with Gasteiger partial charge in [-0.3, -0.25) is 0 Å². The summed E-state index contributed by atoms with van der Waals surface area (Å²) >= 11 is 1.67. The van der Waals surface area contributed by atoms with Gasteiger partial charge in [-0.25, -0.2) is 0 Å². The van der Waals surface area contributed by atoms with E-state index in [9.17, 15) is 6.85 Å². The molecule has 0 spiro atoms. The van der Waals surface area contributed by atoms with Crippen LogP contribution in [0.25, 0.3) is 42.1 Å². The Bertz CT molecular complexity index is 3610. The van der Waals surface area contributed by atoms with Crippen molar-refractivity contribution in [1.82, 2.24) is 0 Å². The quantitative estimate of drug-likeness (QED) is 0.151. The lowest BCUT2D eigenvalue weighted by Gasteiger charge is -2.35. The van der Waals surface area contributed by atoms with Gasteiger partial charge in [0.05, 0.1) is 15.0 Å². The highest BCUT2D eigenvalue weighted by molar-refractivity contribution is 7.25. The minimum Gasteiger partial charge on any atom is -0.310 e. The second-order valence-electron chi connectivity index (χ2n) is 15.5. The Labute approximate surface area is 375 Å². The Hall–Kier alpha value is -7.72. The molecular formula is C59H40N2S. The van der Waals surface area contributed by atoms with Gasteiger partial charge in [0.25, 0.3) is 0 Å². The molecule has 2 nitrogen and oxygen atoms in total. The highest BCUT2D eigenvalue weighted by Gasteiger charge is 2.47. The van der Waals surface area contributed by atoms with Crippen LogP contribution in [0.4, 0.5) is 34.1 Å². The summed E-state index contributed by atoms with van der Waals surface area (Å²) in [5, 5.41) is 2.17. The van der Waals surface area contributed by atoms with E-state index in [0.717, 1.165) is 82.1 Å². The van der Waals surface area contributed by atoms with Crippen molar-refractivity contribution in [3.05, 3.63) is 265 Å². The van der Waals surface area contributed by atoms with Gasteiger partial charge in [0.2, 0.25) is 0 Å². The first-order valence-corrected chi connectivity index (χ1v) is 21.5. The molecule has 292 valence electrons. The molecule has 0 amide bonds. The van der Waals surface area contributed by atoms with Crippen LogP contribution in [-0.4, -0.2) is 0 Å². The van der Waals surface area contributed by atoms with Gasteiger partial charge < -0.3 is 9.80 Å². The first kappa shape index (κ1) is 29.5. The molecule has 0 radical (unpaired) electrons. The smallest absolute Gasteiger partial charge is 0.0720 e. The topological polar surface area (TPSA) is 6.48 Å². The summed E-state index contributed by atoms with van der Waals surface area (Å²) in [5.74, 6) is 0. The number of nitrogens with zero attached hydrogens (tertiary/aromatic N) is 2. The number of rotatable bonds is 8. The number of para-hydroxylation sites is 4. The minimum absolute atomic E-state index is 0.0563. The molecule has 0 fully saturated rings. The summed E-state index contributed by atoms with van der Waals surface area (Å²) in [6, 6.07) is 65.4. The molecule has 0 unspecified atom stereocenters. The fourth-order valence-corrected chi connectivity index (χ4v) is 10.7. The number of fused-ring (bicyclic) bond motifs is 7.